The van der Waals surface area contributed by atoms with Gasteiger partial charge in [-0.15, -0.1) is 10.2 Å². The predicted molar refractivity (Wildman–Crippen MR) is 81.1 cm³/mol. The van der Waals surface area contributed by atoms with Crippen LogP contribution >= 0.6 is 0 Å². The molecule has 0 spiro atoms. The Hall–Kier alpha value is -2.12. The molecule has 0 unspecified atom stereocenters. The minimum absolute atomic E-state index is 0.0637. The van der Waals surface area contributed by atoms with Crippen LogP contribution in [0, 0.1) is 0 Å². The molecule has 0 N–H and O–H groups in total. The first-order chi connectivity index (χ1) is 10.1. The van der Waals surface area contributed by atoms with Crippen LogP contribution < -0.4 is 11.5 Å². The third-order valence-corrected chi connectivity index (χ3v) is 2.77. The molecule has 0 aliphatic heterocycles. The lowest BCUT2D eigenvalue weighted by atomic mass is 10.2. The van der Waals surface area contributed by atoms with Crippen LogP contribution in [0.4, 0.5) is 0 Å². The molecule has 0 radical (unpaired) electrons. The van der Waals surface area contributed by atoms with E-state index in [9.17, 15) is 9.59 Å². The molecule has 8 heteroatoms. The molecular formula is C14H24N4O4. The molecule has 0 amide bonds. The topological polar surface area (TPSA) is 96.1 Å². The van der Waals surface area contributed by atoms with Gasteiger partial charge in [0.2, 0.25) is 11.8 Å². The Bertz CT molecular complexity index is 703. The van der Waals surface area contributed by atoms with Crippen molar-refractivity contribution >= 4 is 0 Å². The van der Waals surface area contributed by atoms with Crippen LogP contribution in [-0.2, 0) is 7.05 Å². The lowest BCUT2D eigenvalue weighted by Crippen LogP contribution is -2.17. The van der Waals surface area contributed by atoms with Crippen molar-refractivity contribution in [1.82, 2.24) is 19.6 Å². The Balaban J connectivity index is 0.000000224. The fourth-order valence-corrected chi connectivity index (χ4v) is 1.46. The van der Waals surface area contributed by atoms with Crippen LogP contribution in [0.2, 0.25) is 0 Å². The molecule has 0 fully saturated rings. The summed E-state index contributed by atoms with van der Waals surface area (Å²) in [6.45, 7) is 11.5. The molecule has 0 bridgehead atoms. The molecule has 0 aliphatic rings. The Morgan fingerprint density at radius 1 is 0.818 bits per heavy atom. The monoisotopic (exact) mass is 312 g/mol. The third-order valence-electron chi connectivity index (χ3n) is 2.77. The molecule has 22 heavy (non-hydrogen) atoms. The second-order valence-corrected chi connectivity index (χ2v) is 5.88. The van der Waals surface area contributed by atoms with Crippen LogP contribution in [0.3, 0.4) is 0 Å². The summed E-state index contributed by atoms with van der Waals surface area (Å²) in [4.78, 5) is 21.8. The van der Waals surface area contributed by atoms with Crippen LogP contribution in [0.1, 0.15) is 71.2 Å². The van der Waals surface area contributed by atoms with Crippen LogP contribution in [0.5, 0.6) is 0 Å². The molecule has 2 rings (SSSR count). The van der Waals surface area contributed by atoms with E-state index >= 15 is 0 Å². The maximum absolute atomic E-state index is 11.1. The summed E-state index contributed by atoms with van der Waals surface area (Å²) in [6, 6.07) is 0.0637. The minimum atomic E-state index is -0.399. The van der Waals surface area contributed by atoms with Crippen molar-refractivity contribution < 1.29 is 8.83 Å². The number of hydrogen-bond donors (Lipinski definition) is 0. The number of aromatic nitrogens is 4. The van der Waals surface area contributed by atoms with Crippen LogP contribution in [0.15, 0.2) is 18.4 Å². The van der Waals surface area contributed by atoms with Crippen molar-refractivity contribution in [3.63, 3.8) is 0 Å². The summed E-state index contributed by atoms with van der Waals surface area (Å²) in [7, 11) is 1.57. The second kappa shape index (κ2) is 7.24. The van der Waals surface area contributed by atoms with E-state index in [0.29, 0.717) is 11.8 Å². The molecule has 2 aromatic rings. The first kappa shape index (κ1) is 17.9. The van der Waals surface area contributed by atoms with Gasteiger partial charge in [-0.1, -0.05) is 27.7 Å². The van der Waals surface area contributed by atoms with Gasteiger partial charge in [0, 0.05) is 18.9 Å². The van der Waals surface area contributed by atoms with Crippen molar-refractivity contribution in [3.05, 3.63) is 32.9 Å². The fraction of sp³-hybridized carbons (Fsp3) is 0.714. The smallest absolute Gasteiger partial charge is 0.392 e. The standard InChI is InChI=1S/C8H14N2O2.C6H10N2O2/c1-5(2)7-9-10(6(3)4)8(11)12-7;1-4(2)5-7-8(3)6(9)10-5/h5-6H,1-4H3;4H,1-3H3. The lowest BCUT2D eigenvalue weighted by molar-refractivity contribution is 0.421. The molecule has 2 heterocycles. The highest BCUT2D eigenvalue weighted by atomic mass is 16.4. The zero-order valence-corrected chi connectivity index (χ0v) is 14.2. The van der Waals surface area contributed by atoms with Crippen molar-refractivity contribution in [1.29, 1.82) is 0 Å². The van der Waals surface area contributed by atoms with Crippen LogP contribution in [0.25, 0.3) is 0 Å². The van der Waals surface area contributed by atoms with Gasteiger partial charge < -0.3 is 8.83 Å². The number of nitrogens with zero attached hydrogens (tertiary/aromatic N) is 4. The van der Waals surface area contributed by atoms with Gasteiger partial charge in [-0.25, -0.2) is 9.59 Å². The summed E-state index contributed by atoms with van der Waals surface area (Å²) < 4.78 is 12.3. The number of aryl methyl sites for hydroxylation is 1. The zero-order valence-electron chi connectivity index (χ0n) is 14.2. The van der Waals surface area contributed by atoms with Gasteiger partial charge in [-0.05, 0) is 13.8 Å². The van der Waals surface area contributed by atoms with E-state index < -0.39 is 5.76 Å². The summed E-state index contributed by atoms with van der Waals surface area (Å²) in [5, 5.41) is 7.89. The molecule has 0 saturated heterocycles. The minimum Gasteiger partial charge on any atom is -0.392 e. The van der Waals surface area contributed by atoms with Gasteiger partial charge in [-0.2, -0.15) is 9.36 Å². The van der Waals surface area contributed by atoms with Crippen molar-refractivity contribution in [2.24, 2.45) is 7.05 Å². The summed E-state index contributed by atoms with van der Waals surface area (Å²) >= 11 is 0. The van der Waals surface area contributed by atoms with Crippen molar-refractivity contribution in [2.75, 3.05) is 0 Å². The zero-order chi connectivity index (χ0) is 17.0. The van der Waals surface area contributed by atoms with E-state index in [1.54, 1.807) is 7.05 Å². The molecule has 0 atom stereocenters. The van der Waals surface area contributed by atoms with E-state index in [1.165, 1.54) is 9.36 Å². The van der Waals surface area contributed by atoms with Gasteiger partial charge in [0.05, 0.1) is 6.04 Å². The van der Waals surface area contributed by atoms with Gasteiger partial charge in [-0.3, -0.25) is 0 Å². The highest BCUT2D eigenvalue weighted by Crippen LogP contribution is 2.09. The van der Waals surface area contributed by atoms with Gasteiger partial charge in [0.25, 0.3) is 0 Å². The SMILES string of the molecule is CC(C)c1nn(C(C)C)c(=O)o1.CC(C)c1nn(C)c(=O)o1. The molecule has 0 aromatic carbocycles. The Morgan fingerprint density at radius 3 is 1.50 bits per heavy atom. The summed E-state index contributed by atoms with van der Waals surface area (Å²) in [6.07, 6.45) is 0. The predicted octanol–water partition coefficient (Wildman–Crippen LogP) is 2.04. The molecule has 0 saturated carbocycles. The highest BCUT2D eigenvalue weighted by molar-refractivity contribution is 4.83. The van der Waals surface area contributed by atoms with Gasteiger partial charge in [0.1, 0.15) is 0 Å². The quantitative estimate of drug-likeness (QED) is 0.860. The lowest BCUT2D eigenvalue weighted by Gasteiger charge is -1.99. The Labute approximate surface area is 128 Å². The molecule has 124 valence electrons. The maximum Gasteiger partial charge on any atom is 0.437 e. The van der Waals surface area contributed by atoms with Gasteiger partial charge in [0.15, 0.2) is 0 Å². The number of hydrogen-bond acceptors (Lipinski definition) is 6. The first-order valence-corrected chi connectivity index (χ1v) is 7.27. The molecule has 0 aliphatic carbocycles. The largest absolute Gasteiger partial charge is 0.437 e. The maximum atomic E-state index is 11.1. The third kappa shape index (κ3) is 4.44. The molecule has 2 aromatic heterocycles. The van der Waals surface area contributed by atoms with Gasteiger partial charge >= 0.3 is 11.5 Å². The number of rotatable bonds is 3. The average Bonchev–Trinajstić information content (AvgIpc) is 2.95. The first-order valence-electron chi connectivity index (χ1n) is 7.27. The van der Waals surface area contributed by atoms with E-state index in [4.69, 9.17) is 8.83 Å². The van der Waals surface area contributed by atoms with Crippen molar-refractivity contribution in [3.8, 4) is 0 Å². The van der Waals surface area contributed by atoms with E-state index in [1.807, 2.05) is 41.5 Å². The summed E-state index contributed by atoms with van der Waals surface area (Å²) in [5.41, 5.74) is 0. The highest BCUT2D eigenvalue weighted by Gasteiger charge is 2.12. The van der Waals surface area contributed by atoms with E-state index in [-0.39, 0.29) is 23.6 Å². The van der Waals surface area contributed by atoms with Crippen LogP contribution in [-0.4, -0.2) is 19.6 Å². The average molecular weight is 312 g/mol. The van der Waals surface area contributed by atoms with E-state index in [0.717, 1.165) is 0 Å². The molecular weight excluding hydrogens is 288 g/mol. The normalized spacial score (nSPS) is 11.2. The molecule has 8 nitrogen and oxygen atoms in total. The van der Waals surface area contributed by atoms with E-state index in [2.05, 4.69) is 10.2 Å². The summed E-state index contributed by atoms with van der Waals surface area (Å²) in [5.74, 6) is 0.574. The fourth-order valence-electron chi connectivity index (χ4n) is 1.46. The second-order valence-electron chi connectivity index (χ2n) is 5.88. The Morgan fingerprint density at radius 2 is 1.27 bits per heavy atom. The van der Waals surface area contributed by atoms with Crippen molar-refractivity contribution in [2.45, 2.75) is 59.4 Å². The Kier molecular flexibility index (Phi) is 5.90.